The van der Waals surface area contributed by atoms with Crippen LogP contribution in [0.4, 0.5) is 0 Å². The zero-order chi connectivity index (χ0) is 13.9. The lowest BCUT2D eigenvalue weighted by Gasteiger charge is -2.31. The molecule has 0 bridgehead atoms. The largest absolute Gasteiger partial charge is 0.336 e. The van der Waals surface area contributed by atoms with Crippen LogP contribution in [0.2, 0.25) is 0 Å². The Labute approximate surface area is 110 Å². The summed E-state index contributed by atoms with van der Waals surface area (Å²) in [6, 6.07) is 0.00728. The highest BCUT2D eigenvalue weighted by atomic mass is 32.2. The summed E-state index contributed by atoms with van der Waals surface area (Å²) in [5.74, 6) is -0.0118. The van der Waals surface area contributed by atoms with E-state index in [4.69, 9.17) is 0 Å². The molecule has 1 aliphatic rings. The fraction of sp³-hybridized carbons (Fsp3) is 0.917. The molecule has 0 aromatic heterocycles. The van der Waals surface area contributed by atoms with E-state index in [2.05, 4.69) is 5.32 Å². The summed E-state index contributed by atoms with van der Waals surface area (Å²) < 4.78 is 22.7. The third-order valence-electron chi connectivity index (χ3n) is 3.15. The Bertz CT molecular complexity index is 390. The van der Waals surface area contributed by atoms with Gasteiger partial charge in [0.05, 0.1) is 5.75 Å². The Morgan fingerprint density at radius 3 is 2.33 bits per heavy atom. The number of rotatable bonds is 7. The van der Waals surface area contributed by atoms with E-state index < -0.39 is 9.84 Å². The van der Waals surface area contributed by atoms with Crippen LogP contribution in [-0.2, 0) is 14.6 Å². The van der Waals surface area contributed by atoms with E-state index in [1.54, 1.807) is 4.90 Å². The molecular weight excluding hydrogens is 252 g/mol. The number of hydrogen-bond acceptors (Lipinski definition) is 4. The molecule has 0 aromatic rings. The zero-order valence-electron chi connectivity index (χ0n) is 11.6. The number of carbonyl (C=O) groups is 1. The lowest BCUT2D eigenvalue weighted by molar-refractivity contribution is -0.137. The van der Waals surface area contributed by atoms with Gasteiger partial charge in [0.15, 0.2) is 0 Å². The van der Waals surface area contributed by atoms with Gasteiger partial charge in [-0.2, -0.15) is 0 Å². The summed E-state index contributed by atoms with van der Waals surface area (Å²) >= 11 is 0. The molecule has 1 fully saturated rings. The fourth-order valence-electron chi connectivity index (χ4n) is 2.28. The van der Waals surface area contributed by atoms with Crippen molar-refractivity contribution in [1.29, 1.82) is 0 Å². The SMILES string of the molecule is CNCC(C)C(=O)N(C(C)CS(C)(=O)=O)C1CC1. The number of nitrogens with one attached hydrogen (secondary N) is 1. The zero-order valence-corrected chi connectivity index (χ0v) is 12.5. The van der Waals surface area contributed by atoms with Crippen molar-refractivity contribution in [2.75, 3.05) is 25.6 Å². The van der Waals surface area contributed by atoms with Crippen molar-refractivity contribution >= 4 is 15.7 Å². The Kier molecular flexibility index (Phi) is 5.16. The average molecular weight is 276 g/mol. The molecule has 1 saturated carbocycles. The van der Waals surface area contributed by atoms with Gasteiger partial charge in [-0.15, -0.1) is 0 Å². The fourth-order valence-corrected chi connectivity index (χ4v) is 3.31. The third kappa shape index (κ3) is 4.57. The Morgan fingerprint density at radius 2 is 1.94 bits per heavy atom. The van der Waals surface area contributed by atoms with E-state index in [1.807, 2.05) is 20.9 Å². The van der Waals surface area contributed by atoms with Crippen LogP contribution in [0.1, 0.15) is 26.7 Å². The number of sulfone groups is 1. The van der Waals surface area contributed by atoms with Crippen molar-refractivity contribution in [3.63, 3.8) is 0 Å². The van der Waals surface area contributed by atoms with Crippen LogP contribution in [0.5, 0.6) is 0 Å². The van der Waals surface area contributed by atoms with Gasteiger partial charge in [-0.3, -0.25) is 4.79 Å². The summed E-state index contributed by atoms with van der Waals surface area (Å²) in [6.07, 6.45) is 3.20. The topological polar surface area (TPSA) is 66.5 Å². The van der Waals surface area contributed by atoms with Crippen molar-refractivity contribution in [1.82, 2.24) is 10.2 Å². The van der Waals surface area contributed by atoms with Crippen LogP contribution in [0.15, 0.2) is 0 Å². The molecule has 0 aromatic carbocycles. The van der Waals surface area contributed by atoms with Gasteiger partial charge in [-0.1, -0.05) is 6.92 Å². The molecule has 6 heteroatoms. The number of amides is 1. The Hall–Kier alpha value is -0.620. The second-order valence-electron chi connectivity index (χ2n) is 5.38. The van der Waals surface area contributed by atoms with Crippen LogP contribution in [0, 0.1) is 5.92 Å². The lowest BCUT2D eigenvalue weighted by Crippen LogP contribution is -2.47. The molecule has 0 aliphatic heterocycles. The monoisotopic (exact) mass is 276 g/mol. The predicted molar refractivity (Wildman–Crippen MR) is 72.1 cm³/mol. The standard InChI is InChI=1S/C12H24N2O3S/c1-9(7-13-3)12(15)14(11-5-6-11)10(2)8-18(4,16)17/h9-11,13H,5-8H2,1-4H3. The highest BCUT2D eigenvalue weighted by molar-refractivity contribution is 7.90. The van der Waals surface area contributed by atoms with Crippen molar-refractivity contribution < 1.29 is 13.2 Å². The summed E-state index contributed by atoms with van der Waals surface area (Å²) in [6.45, 7) is 4.32. The van der Waals surface area contributed by atoms with E-state index >= 15 is 0 Å². The second-order valence-corrected chi connectivity index (χ2v) is 7.56. The van der Waals surface area contributed by atoms with Crippen LogP contribution < -0.4 is 5.32 Å². The van der Waals surface area contributed by atoms with Crippen molar-refractivity contribution in [3.05, 3.63) is 0 Å². The van der Waals surface area contributed by atoms with Crippen LogP contribution in [0.25, 0.3) is 0 Å². The smallest absolute Gasteiger partial charge is 0.227 e. The number of carbonyl (C=O) groups excluding carboxylic acids is 1. The molecule has 1 aliphatic carbocycles. The van der Waals surface area contributed by atoms with Crippen LogP contribution in [-0.4, -0.2) is 56.9 Å². The summed E-state index contributed by atoms with van der Waals surface area (Å²) in [5, 5.41) is 2.98. The van der Waals surface area contributed by atoms with Gasteiger partial charge in [0.1, 0.15) is 9.84 Å². The maximum atomic E-state index is 12.3. The summed E-state index contributed by atoms with van der Waals surface area (Å²) in [7, 11) is -1.24. The van der Waals surface area contributed by atoms with E-state index in [0.29, 0.717) is 6.54 Å². The van der Waals surface area contributed by atoms with Crippen molar-refractivity contribution in [2.45, 2.75) is 38.8 Å². The van der Waals surface area contributed by atoms with Gasteiger partial charge in [-0.25, -0.2) is 8.42 Å². The first-order chi connectivity index (χ1) is 8.26. The normalized spacial score (nSPS) is 19.3. The maximum Gasteiger partial charge on any atom is 0.227 e. The first kappa shape index (κ1) is 15.4. The molecule has 0 radical (unpaired) electrons. The van der Waals surface area contributed by atoms with Gasteiger partial charge in [0.2, 0.25) is 5.91 Å². The Balaban J connectivity index is 2.73. The molecule has 106 valence electrons. The van der Waals surface area contributed by atoms with Gasteiger partial charge in [-0.05, 0) is 26.8 Å². The van der Waals surface area contributed by atoms with Gasteiger partial charge in [0, 0.05) is 30.8 Å². The lowest BCUT2D eigenvalue weighted by atomic mass is 10.1. The Morgan fingerprint density at radius 1 is 1.39 bits per heavy atom. The molecule has 18 heavy (non-hydrogen) atoms. The molecule has 5 nitrogen and oxygen atoms in total. The summed E-state index contributed by atoms with van der Waals surface area (Å²) in [5.41, 5.74) is 0. The average Bonchev–Trinajstić information content (AvgIpc) is 2.99. The van der Waals surface area contributed by atoms with E-state index in [-0.39, 0.29) is 29.7 Å². The van der Waals surface area contributed by atoms with Crippen molar-refractivity contribution in [2.24, 2.45) is 5.92 Å². The van der Waals surface area contributed by atoms with E-state index in [9.17, 15) is 13.2 Å². The molecule has 1 N–H and O–H groups in total. The molecule has 1 amide bonds. The molecule has 2 unspecified atom stereocenters. The van der Waals surface area contributed by atoms with Gasteiger partial charge < -0.3 is 10.2 Å². The van der Waals surface area contributed by atoms with E-state index in [0.717, 1.165) is 12.8 Å². The first-order valence-corrected chi connectivity index (χ1v) is 8.46. The molecule has 2 atom stereocenters. The minimum atomic E-state index is -3.06. The van der Waals surface area contributed by atoms with E-state index in [1.165, 1.54) is 6.26 Å². The third-order valence-corrected chi connectivity index (χ3v) is 4.23. The minimum absolute atomic E-state index is 0.0432. The summed E-state index contributed by atoms with van der Waals surface area (Å²) in [4.78, 5) is 14.1. The highest BCUT2D eigenvalue weighted by Gasteiger charge is 2.38. The highest BCUT2D eigenvalue weighted by Crippen LogP contribution is 2.30. The molecule has 0 heterocycles. The van der Waals surface area contributed by atoms with Crippen LogP contribution >= 0.6 is 0 Å². The second kappa shape index (κ2) is 6.02. The molecular formula is C12H24N2O3S. The van der Waals surface area contributed by atoms with Crippen LogP contribution in [0.3, 0.4) is 0 Å². The van der Waals surface area contributed by atoms with Crippen molar-refractivity contribution in [3.8, 4) is 0 Å². The predicted octanol–water partition coefficient (Wildman–Crippen LogP) is 0.266. The molecule has 0 spiro atoms. The first-order valence-electron chi connectivity index (χ1n) is 6.40. The number of nitrogens with zero attached hydrogens (tertiary/aromatic N) is 1. The number of hydrogen-bond donors (Lipinski definition) is 1. The maximum absolute atomic E-state index is 12.3. The van der Waals surface area contributed by atoms with Gasteiger partial charge >= 0.3 is 0 Å². The van der Waals surface area contributed by atoms with Gasteiger partial charge in [0.25, 0.3) is 0 Å². The molecule has 0 saturated heterocycles. The quantitative estimate of drug-likeness (QED) is 0.724. The molecule has 1 rings (SSSR count). The minimum Gasteiger partial charge on any atom is -0.336 e.